The zero-order chi connectivity index (χ0) is 21.7. The number of hydrogen-bond donors (Lipinski definition) is 2. The van der Waals surface area contributed by atoms with E-state index in [0.29, 0.717) is 5.56 Å². The molecule has 0 heterocycles. The molecule has 0 aliphatic heterocycles. The van der Waals surface area contributed by atoms with Gasteiger partial charge in [0.2, 0.25) is 0 Å². The second-order valence-corrected chi connectivity index (χ2v) is 6.47. The zero-order valence-corrected chi connectivity index (χ0v) is 16.5. The predicted molar refractivity (Wildman–Crippen MR) is 128 cm³/mol. The maximum absolute atomic E-state index is 11.3. The molecule has 0 saturated heterocycles. The van der Waals surface area contributed by atoms with Crippen LogP contribution < -0.4 is 4.74 Å². The third kappa shape index (κ3) is 5.98. The highest BCUT2D eigenvalue weighted by Gasteiger charge is 2.06. The van der Waals surface area contributed by atoms with Gasteiger partial charge < -0.3 is 19.7 Å². The summed E-state index contributed by atoms with van der Waals surface area (Å²) in [7, 11) is 3.00. The van der Waals surface area contributed by atoms with Gasteiger partial charge in [0.25, 0.3) is 0 Å². The minimum Gasteiger partial charge on any atom is -0.508 e. The lowest BCUT2D eigenvalue weighted by atomic mass is 10.1. The van der Waals surface area contributed by atoms with Crippen molar-refractivity contribution in [2.24, 2.45) is 0 Å². The number of carbonyl (C=O) groups is 2. The first-order chi connectivity index (χ1) is 14.4. The Morgan fingerprint density at radius 2 is 1.19 bits per heavy atom. The van der Waals surface area contributed by atoms with E-state index in [1.54, 1.807) is 43.5 Å². The van der Waals surface area contributed by atoms with Crippen LogP contribution in [0, 0.1) is 0 Å². The third-order valence-corrected chi connectivity index (χ3v) is 4.54. The summed E-state index contributed by atoms with van der Waals surface area (Å²) < 4.78 is 9.80. The van der Waals surface area contributed by atoms with Gasteiger partial charge in [-0.05, 0) is 70.1 Å². The molecular formula is C26H28O6. The first-order valence-corrected chi connectivity index (χ1v) is 9.03. The summed E-state index contributed by atoms with van der Waals surface area (Å²) in [5.41, 5.74) is 0.809. The molecule has 0 bridgehead atoms. The SMILES string of the molecule is C.C.COC(=O)c1ccc2cc(OC)ccc2c1.O=C(O)c1ccc2cc(O)ccc2c1. The average molecular weight is 437 g/mol. The van der Waals surface area contributed by atoms with Crippen LogP contribution in [-0.2, 0) is 4.74 Å². The van der Waals surface area contributed by atoms with Gasteiger partial charge in [0, 0.05) is 0 Å². The summed E-state index contributed by atoms with van der Waals surface area (Å²) in [5, 5.41) is 21.6. The number of benzene rings is 4. The molecule has 0 aliphatic carbocycles. The highest BCUT2D eigenvalue weighted by Crippen LogP contribution is 2.22. The van der Waals surface area contributed by atoms with Crippen molar-refractivity contribution >= 4 is 33.5 Å². The maximum atomic E-state index is 11.3. The molecule has 4 aromatic carbocycles. The van der Waals surface area contributed by atoms with Crippen LogP contribution in [0.25, 0.3) is 21.5 Å². The van der Waals surface area contributed by atoms with Crippen LogP contribution in [0.5, 0.6) is 11.5 Å². The van der Waals surface area contributed by atoms with Gasteiger partial charge in [0.15, 0.2) is 0 Å². The lowest BCUT2D eigenvalue weighted by molar-refractivity contribution is 0.0600. The number of carbonyl (C=O) groups excluding carboxylic acids is 1. The Morgan fingerprint density at radius 1 is 0.688 bits per heavy atom. The minimum absolute atomic E-state index is 0. The first-order valence-electron chi connectivity index (χ1n) is 9.03. The molecule has 6 heteroatoms. The number of phenolic OH excluding ortho intramolecular Hbond substituents is 1. The van der Waals surface area contributed by atoms with E-state index in [1.807, 2.05) is 24.3 Å². The van der Waals surface area contributed by atoms with Crippen molar-refractivity contribution in [3.63, 3.8) is 0 Å². The number of hydrogen-bond acceptors (Lipinski definition) is 5. The highest BCUT2D eigenvalue weighted by molar-refractivity contribution is 5.96. The number of fused-ring (bicyclic) bond motifs is 2. The number of phenols is 1. The second kappa shape index (κ2) is 11.4. The second-order valence-electron chi connectivity index (χ2n) is 6.47. The van der Waals surface area contributed by atoms with E-state index in [9.17, 15) is 14.7 Å². The number of aromatic carboxylic acids is 1. The number of carboxylic acid groups (broad SMARTS) is 1. The average Bonchev–Trinajstić information content (AvgIpc) is 2.77. The Labute approximate surface area is 187 Å². The van der Waals surface area contributed by atoms with Crippen molar-refractivity contribution < 1.29 is 29.3 Å². The van der Waals surface area contributed by atoms with Crippen LogP contribution in [0.4, 0.5) is 0 Å². The third-order valence-electron chi connectivity index (χ3n) is 4.54. The lowest BCUT2D eigenvalue weighted by Crippen LogP contribution is -2.00. The van der Waals surface area contributed by atoms with Gasteiger partial charge in [0.05, 0.1) is 25.3 Å². The Morgan fingerprint density at radius 3 is 1.78 bits per heavy atom. The van der Waals surface area contributed by atoms with Gasteiger partial charge in [0.1, 0.15) is 11.5 Å². The van der Waals surface area contributed by atoms with Crippen LogP contribution in [0.15, 0.2) is 72.8 Å². The summed E-state index contributed by atoms with van der Waals surface area (Å²) >= 11 is 0. The monoisotopic (exact) mass is 436 g/mol. The number of ether oxygens (including phenoxy) is 2. The number of aromatic hydroxyl groups is 1. The lowest BCUT2D eigenvalue weighted by Gasteiger charge is -2.04. The van der Waals surface area contributed by atoms with Crippen LogP contribution >= 0.6 is 0 Å². The first kappa shape index (κ1) is 26.0. The van der Waals surface area contributed by atoms with Crippen LogP contribution in [-0.4, -0.2) is 36.4 Å². The summed E-state index contributed by atoms with van der Waals surface area (Å²) in [6.45, 7) is 0. The van der Waals surface area contributed by atoms with Gasteiger partial charge in [-0.1, -0.05) is 39.1 Å². The number of carboxylic acids is 1. The van der Waals surface area contributed by atoms with Gasteiger partial charge in [-0.3, -0.25) is 0 Å². The van der Waals surface area contributed by atoms with Crippen molar-refractivity contribution in [1.29, 1.82) is 0 Å². The molecular weight excluding hydrogens is 408 g/mol. The van der Waals surface area contributed by atoms with Crippen molar-refractivity contribution in [2.45, 2.75) is 14.9 Å². The zero-order valence-electron chi connectivity index (χ0n) is 16.5. The van der Waals surface area contributed by atoms with Crippen molar-refractivity contribution in [1.82, 2.24) is 0 Å². The number of methoxy groups -OCH3 is 2. The molecule has 0 saturated carbocycles. The van der Waals surface area contributed by atoms with Crippen molar-refractivity contribution in [3.05, 3.63) is 83.9 Å². The minimum atomic E-state index is -0.944. The number of esters is 1. The largest absolute Gasteiger partial charge is 0.508 e. The van der Waals surface area contributed by atoms with Gasteiger partial charge >= 0.3 is 11.9 Å². The maximum Gasteiger partial charge on any atom is 0.337 e. The van der Waals surface area contributed by atoms with Crippen LogP contribution in [0.2, 0.25) is 0 Å². The normalized spacial score (nSPS) is 9.56. The molecule has 4 aromatic rings. The molecule has 0 atom stereocenters. The Hall–Kier alpha value is -4.06. The molecule has 0 aliphatic rings. The van der Waals surface area contributed by atoms with Crippen LogP contribution in [0.3, 0.4) is 0 Å². The van der Waals surface area contributed by atoms with Crippen molar-refractivity contribution in [2.75, 3.05) is 14.2 Å². The quantitative estimate of drug-likeness (QED) is 0.374. The molecule has 0 amide bonds. The topological polar surface area (TPSA) is 93.1 Å². The van der Waals surface area contributed by atoms with E-state index >= 15 is 0 Å². The summed E-state index contributed by atoms with van der Waals surface area (Å²) in [4.78, 5) is 22.0. The number of rotatable bonds is 3. The van der Waals surface area contributed by atoms with E-state index in [1.165, 1.54) is 19.2 Å². The molecule has 0 spiro atoms. The fraction of sp³-hybridized carbons (Fsp3) is 0.154. The van der Waals surface area contributed by atoms with Crippen LogP contribution in [0.1, 0.15) is 35.6 Å². The Bertz CT molecular complexity index is 1230. The van der Waals surface area contributed by atoms with Gasteiger partial charge in [-0.25, -0.2) is 9.59 Å². The van der Waals surface area contributed by atoms with Gasteiger partial charge in [-0.15, -0.1) is 0 Å². The summed E-state index contributed by atoms with van der Waals surface area (Å²) in [6.07, 6.45) is 0. The molecule has 0 aromatic heterocycles. The Balaban J connectivity index is 0.000000303. The summed E-state index contributed by atoms with van der Waals surface area (Å²) in [6, 6.07) is 20.7. The van der Waals surface area contributed by atoms with E-state index in [0.717, 1.165) is 27.3 Å². The molecule has 0 radical (unpaired) electrons. The molecule has 2 N–H and O–H groups in total. The molecule has 4 rings (SSSR count). The smallest absolute Gasteiger partial charge is 0.337 e. The standard InChI is InChI=1S/C13H12O3.C11H8O3.2CH4/c1-15-12-6-5-9-7-11(13(14)16-2)4-3-10(9)8-12;12-10-4-3-7-5-9(11(13)14)2-1-8(7)6-10;;/h3-8H,1-2H3;1-6,12H,(H,13,14);2*1H4. The van der Waals surface area contributed by atoms with E-state index in [-0.39, 0.29) is 32.1 Å². The molecule has 0 unspecified atom stereocenters. The molecule has 6 nitrogen and oxygen atoms in total. The fourth-order valence-corrected chi connectivity index (χ4v) is 2.96. The van der Waals surface area contributed by atoms with E-state index in [2.05, 4.69) is 4.74 Å². The molecule has 168 valence electrons. The molecule has 0 fully saturated rings. The van der Waals surface area contributed by atoms with Crippen molar-refractivity contribution in [3.8, 4) is 11.5 Å². The van der Waals surface area contributed by atoms with E-state index < -0.39 is 5.97 Å². The highest BCUT2D eigenvalue weighted by atomic mass is 16.5. The van der Waals surface area contributed by atoms with Gasteiger partial charge in [-0.2, -0.15) is 0 Å². The fourth-order valence-electron chi connectivity index (χ4n) is 2.96. The van der Waals surface area contributed by atoms with E-state index in [4.69, 9.17) is 9.84 Å². The summed E-state index contributed by atoms with van der Waals surface area (Å²) in [5.74, 6) is -0.281. The molecule has 32 heavy (non-hydrogen) atoms. The predicted octanol–water partition coefficient (Wildman–Crippen LogP) is 6.15. The Kier molecular flexibility index (Phi) is 9.22.